The van der Waals surface area contributed by atoms with Gasteiger partial charge in [0.2, 0.25) is 10.0 Å². The molecule has 0 spiro atoms. The van der Waals surface area contributed by atoms with Gasteiger partial charge in [-0.15, -0.1) is 5.10 Å². The summed E-state index contributed by atoms with van der Waals surface area (Å²) in [4.78, 5) is 12.4. The fraction of sp³-hybridized carbons (Fsp3) is 0.167. The summed E-state index contributed by atoms with van der Waals surface area (Å²) in [5, 5.41) is 9.91. The molecule has 0 unspecified atom stereocenters. The molecule has 0 saturated heterocycles. The van der Waals surface area contributed by atoms with Crippen LogP contribution in [0, 0.1) is 0 Å². The predicted molar refractivity (Wildman–Crippen MR) is 108 cm³/mol. The van der Waals surface area contributed by atoms with Crippen molar-refractivity contribution in [3.8, 4) is 11.5 Å². The highest BCUT2D eigenvalue weighted by atomic mass is 32.2. The number of hydrogen-bond acceptors (Lipinski definition) is 8. The van der Waals surface area contributed by atoms with Gasteiger partial charge in [0, 0.05) is 25.9 Å². The Balaban J connectivity index is 1.81. The highest BCUT2D eigenvalue weighted by Crippen LogP contribution is 2.27. The minimum atomic E-state index is -3.61. The van der Waals surface area contributed by atoms with Crippen molar-refractivity contribution in [3.05, 3.63) is 54.1 Å². The van der Waals surface area contributed by atoms with Gasteiger partial charge in [-0.25, -0.2) is 21.1 Å². The first kappa shape index (κ1) is 21.6. The Kier molecular flexibility index (Phi) is 5.74. The number of carbonyl (C=O) groups excluding carboxylic acids is 1. The molecule has 1 N–H and O–H groups in total. The highest BCUT2D eigenvalue weighted by molar-refractivity contribution is 7.90. The van der Waals surface area contributed by atoms with E-state index in [4.69, 9.17) is 4.42 Å². The van der Waals surface area contributed by atoms with Gasteiger partial charge < -0.3 is 4.42 Å². The minimum absolute atomic E-state index is 0.0178. The van der Waals surface area contributed by atoms with E-state index in [-0.39, 0.29) is 32.8 Å². The number of rotatable bonds is 6. The molecule has 158 valence electrons. The van der Waals surface area contributed by atoms with E-state index < -0.39 is 25.8 Å². The van der Waals surface area contributed by atoms with Crippen LogP contribution in [0.2, 0.25) is 0 Å². The van der Waals surface area contributed by atoms with Crippen LogP contribution in [0.3, 0.4) is 0 Å². The third kappa shape index (κ3) is 4.40. The second-order valence-corrected chi connectivity index (χ2v) is 10.6. The zero-order chi connectivity index (χ0) is 22.1. The highest BCUT2D eigenvalue weighted by Gasteiger charge is 2.20. The maximum absolute atomic E-state index is 12.4. The van der Waals surface area contributed by atoms with Crippen molar-refractivity contribution < 1.29 is 26.0 Å². The number of aromatic nitrogens is 2. The molecule has 3 aromatic rings. The lowest BCUT2D eigenvalue weighted by molar-refractivity contribution is 0.102. The largest absolute Gasteiger partial charge is 0.403 e. The molecule has 0 radical (unpaired) electrons. The van der Waals surface area contributed by atoms with Crippen molar-refractivity contribution >= 4 is 31.8 Å². The van der Waals surface area contributed by atoms with Gasteiger partial charge in [-0.2, -0.15) is 0 Å². The molecule has 0 saturated carbocycles. The van der Waals surface area contributed by atoms with E-state index in [9.17, 15) is 21.6 Å². The molecule has 0 atom stereocenters. The van der Waals surface area contributed by atoms with Gasteiger partial charge in [0.25, 0.3) is 11.8 Å². The summed E-state index contributed by atoms with van der Waals surface area (Å²) in [6.07, 6.45) is 1.06. The SMILES string of the molecule is CN(C)S(=O)(=O)c1ccc(C(=O)Nc2nnc(-c3ccccc3S(C)(=O)=O)o2)cc1. The summed E-state index contributed by atoms with van der Waals surface area (Å²) in [5.41, 5.74) is 0.384. The standard InChI is InChI=1S/C18H18N4O6S2/c1-22(2)30(26,27)13-10-8-12(9-11-13)16(23)19-18-21-20-17(28-18)14-6-4-5-7-15(14)29(3,24)25/h4-11H,1-3H3,(H,19,21,23). The lowest BCUT2D eigenvalue weighted by Crippen LogP contribution is -2.22. The van der Waals surface area contributed by atoms with Gasteiger partial charge in [0.15, 0.2) is 9.84 Å². The van der Waals surface area contributed by atoms with E-state index in [2.05, 4.69) is 15.5 Å². The van der Waals surface area contributed by atoms with Crippen LogP contribution in [-0.2, 0) is 19.9 Å². The summed E-state index contributed by atoms with van der Waals surface area (Å²) in [6, 6.07) is 11.2. The molecular weight excluding hydrogens is 432 g/mol. The van der Waals surface area contributed by atoms with Crippen molar-refractivity contribution in [1.82, 2.24) is 14.5 Å². The first-order chi connectivity index (χ1) is 14.0. The first-order valence-electron chi connectivity index (χ1n) is 8.47. The summed E-state index contributed by atoms with van der Waals surface area (Å²) in [5.74, 6) is -0.672. The topological polar surface area (TPSA) is 140 Å². The second-order valence-electron chi connectivity index (χ2n) is 6.45. The molecule has 0 fully saturated rings. The lowest BCUT2D eigenvalue weighted by Gasteiger charge is -2.11. The van der Waals surface area contributed by atoms with Gasteiger partial charge in [-0.05, 0) is 36.4 Å². The van der Waals surface area contributed by atoms with Gasteiger partial charge in [0.05, 0.1) is 15.4 Å². The Bertz CT molecular complexity index is 1300. The van der Waals surface area contributed by atoms with Gasteiger partial charge in [-0.1, -0.05) is 17.2 Å². The quantitative estimate of drug-likeness (QED) is 0.598. The maximum Gasteiger partial charge on any atom is 0.322 e. The van der Waals surface area contributed by atoms with Crippen LogP contribution in [0.5, 0.6) is 0 Å². The molecule has 1 amide bonds. The molecule has 0 bridgehead atoms. The average molecular weight is 450 g/mol. The van der Waals surface area contributed by atoms with Crippen molar-refractivity contribution in [2.24, 2.45) is 0 Å². The third-order valence-electron chi connectivity index (χ3n) is 4.06. The van der Waals surface area contributed by atoms with Crippen LogP contribution in [0.4, 0.5) is 6.01 Å². The molecule has 0 aliphatic heterocycles. The number of nitrogens with one attached hydrogen (secondary N) is 1. The van der Waals surface area contributed by atoms with Crippen molar-refractivity contribution in [1.29, 1.82) is 0 Å². The van der Waals surface area contributed by atoms with E-state index in [0.29, 0.717) is 0 Å². The van der Waals surface area contributed by atoms with Crippen molar-refractivity contribution in [3.63, 3.8) is 0 Å². The van der Waals surface area contributed by atoms with Crippen LogP contribution >= 0.6 is 0 Å². The van der Waals surface area contributed by atoms with Gasteiger partial charge in [-0.3, -0.25) is 10.1 Å². The zero-order valence-electron chi connectivity index (χ0n) is 16.2. The van der Waals surface area contributed by atoms with Crippen LogP contribution in [0.1, 0.15) is 10.4 Å². The van der Waals surface area contributed by atoms with Gasteiger partial charge in [0.1, 0.15) is 0 Å². The Morgan fingerprint density at radius 2 is 1.60 bits per heavy atom. The molecule has 0 aliphatic carbocycles. The second kappa shape index (κ2) is 7.97. The third-order valence-corrected chi connectivity index (χ3v) is 7.04. The van der Waals surface area contributed by atoms with Crippen LogP contribution in [-0.4, -0.2) is 57.6 Å². The molecule has 30 heavy (non-hydrogen) atoms. The van der Waals surface area contributed by atoms with Crippen LogP contribution in [0.15, 0.2) is 62.7 Å². The summed E-state index contributed by atoms with van der Waals surface area (Å²) in [7, 11) is -4.32. The van der Waals surface area contributed by atoms with Gasteiger partial charge >= 0.3 is 6.01 Å². The number of hydrogen-bond donors (Lipinski definition) is 1. The number of benzene rings is 2. The predicted octanol–water partition coefficient (Wildman–Crippen LogP) is 1.64. The van der Waals surface area contributed by atoms with Crippen molar-refractivity contribution in [2.75, 3.05) is 25.7 Å². The molecule has 1 heterocycles. The molecule has 10 nitrogen and oxygen atoms in total. The Morgan fingerprint density at radius 1 is 0.967 bits per heavy atom. The van der Waals surface area contributed by atoms with Crippen molar-refractivity contribution in [2.45, 2.75) is 9.79 Å². The molecule has 3 rings (SSSR count). The van der Waals surface area contributed by atoms with E-state index in [1.54, 1.807) is 12.1 Å². The Morgan fingerprint density at radius 3 is 2.20 bits per heavy atom. The number of amides is 1. The summed E-state index contributed by atoms with van der Waals surface area (Å²) >= 11 is 0. The minimum Gasteiger partial charge on any atom is -0.403 e. The fourth-order valence-corrected chi connectivity index (χ4v) is 4.29. The number of anilines is 1. The number of sulfonamides is 1. The van der Waals surface area contributed by atoms with E-state index in [0.717, 1.165) is 10.6 Å². The lowest BCUT2D eigenvalue weighted by atomic mass is 10.2. The van der Waals surface area contributed by atoms with E-state index in [1.165, 1.54) is 50.5 Å². The van der Waals surface area contributed by atoms with Crippen LogP contribution < -0.4 is 5.32 Å². The van der Waals surface area contributed by atoms with E-state index >= 15 is 0 Å². The molecular formula is C18H18N4O6S2. The first-order valence-corrected chi connectivity index (χ1v) is 11.8. The molecule has 1 aromatic heterocycles. The Labute approximate surface area is 173 Å². The number of sulfone groups is 1. The monoisotopic (exact) mass is 450 g/mol. The number of nitrogens with zero attached hydrogens (tertiary/aromatic N) is 3. The normalized spacial score (nSPS) is 12.1. The summed E-state index contributed by atoms with van der Waals surface area (Å²) in [6.45, 7) is 0. The fourth-order valence-electron chi connectivity index (χ4n) is 2.51. The number of carbonyl (C=O) groups is 1. The average Bonchev–Trinajstić information content (AvgIpc) is 3.15. The molecule has 12 heteroatoms. The van der Waals surface area contributed by atoms with Crippen LogP contribution in [0.25, 0.3) is 11.5 Å². The maximum atomic E-state index is 12.4. The summed E-state index contributed by atoms with van der Waals surface area (Å²) < 4.78 is 54.5. The molecule has 0 aliphatic rings. The Hall–Kier alpha value is -3.09. The molecule has 2 aromatic carbocycles. The van der Waals surface area contributed by atoms with E-state index in [1.807, 2.05) is 0 Å². The smallest absolute Gasteiger partial charge is 0.322 e. The zero-order valence-corrected chi connectivity index (χ0v) is 17.9.